The second-order valence-electron chi connectivity index (χ2n) is 5.52. The number of carbonyl (C=O) groups excluding carboxylic acids is 1. The average molecular weight is 350 g/mol. The molecular formula is C19H18N4O3. The molecule has 0 saturated heterocycles. The Morgan fingerprint density at radius 1 is 1.08 bits per heavy atom. The van der Waals surface area contributed by atoms with Crippen LogP contribution in [0.2, 0.25) is 0 Å². The van der Waals surface area contributed by atoms with Crippen LogP contribution in [0.5, 0.6) is 0 Å². The number of carbonyl (C=O) groups is 1. The van der Waals surface area contributed by atoms with Gasteiger partial charge in [0.25, 0.3) is 5.56 Å². The van der Waals surface area contributed by atoms with Gasteiger partial charge in [0.15, 0.2) is 0 Å². The normalized spacial score (nSPS) is 11.2. The first-order chi connectivity index (χ1) is 12.6. The molecule has 0 aliphatic rings. The van der Waals surface area contributed by atoms with Gasteiger partial charge in [-0.15, -0.1) is 0 Å². The fraction of sp³-hybridized carbons (Fsp3) is 0.105. The number of para-hydroxylation sites is 1. The van der Waals surface area contributed by atoms with Crippen LogP contribution in [0.4, 0.5) is 4.79 Å². The fourth-order valence-corrected chi connectivity index (χ4v) is 2.59. The minimum absolute atomic E-state index is 0.261. The summed E-state index contributed by atoms with van der Waals surface area (Å²) in [7, 11) is 1.25. The van der Waals surface area contributed by atoms with E-state index >= 15 is 0 Å². The zero-order chi connectivity index (χ0) is 18.5. The minimum atomic E-state index is -0.713. The van der Waals surface area contributed by atoms with E-state index in [2.05, 4.69) is 20.4 Å². The number of benzene rings is 2. The van der Waals surface area contributed by atoms with Crippen molar-refractivity contribution in [1.29, 1.82) is 0 Å². The van der Waals surface area contributed by atoms with Crippen molar-refractivity contribution in [2.75, 3.05) is 7.11 Å². The van der Waals surface area contributed by atoms with Crippen molar-refractivity contribution in [3.05, 3.63) is 87.8 Å². The van der Waals surface area contributed by atoms with Gasteiger partial charge >= 0.3 is 6.09 Å². The van der Waals surface area contributed by atoms with Crippen LogP contribution in [-0.2, 0) is 4.74 Å². The number of methoxy groups -OCH3 is 1. The summed E-state index contributed by atoms with van der Waals surface area (Å²) in [5.41, 5.74) is 4.80. The molecule has 0 bridgehead atoms. The maximum atomic E-state index is 13.0. The summed E-state index contributed by atoms with van der Waals surface area (Å²) < 4.78 is 6.00. The molecule has 0 fully saturated rings. The van der Waals surface area contributed by atoms with Crippen LogP contribution in [0.3, 0.4) is 0 Å². The van der Waals surface area contributed by atoms with Gasteiger partial charge in [-0.3, -0.25) is 9.89 Å². The van der Waals surface area contributed by atoms with Crippen LogP contribution in [0.25, 0.3) is 5.69 Å². The molecule has 0 aliphatic carbocycles. The summed E-state index contributed by atoms with van der Waals surface area (Å²) in [5.74, 6) is 0. The van der Waals surface area contributed by atoms with Gasteiger partial charge in [0, 0.05) is 11.3 Å². The van der Waals surface area contributed by atoms with E-state index in [-0.39, 0.29) is 5.56 Å². The molecule has 7 nitrogen and oxygen atoms in total. The lowest BCUT2D eigenvalue weighted by Gasteiger charge is -2.06. The molecule has 2 N–H and O–H groups in total. The SMILES string of the molecule is COC(=O)NN=C(c1ccccc1)c1c(C)[nH]n(-c2ccccc2)c1=O. The maximum absolute atomic E-state index is 13.0. The van der Waals surface area contributed by atoms with Crippen LogP contribution in [-0.4, -0.2) is 28.7 Å². The van der Waals surface area contributed by atoms with E-state index in [9.17, 15) is 9.59 Å². The van der Waals surface area contributed by atoms with Crippen molar-refractivity contribution < 1.29 is 9.53 Å². The Morgan fingerprint density at radius 3 is 2.31 bits per heavy atom. The average Bonchev–Trinajstić information content (AvgIpc) is 2.98. The summed E-state index contributed by atoms with van der Waals surface area (Å²) in [6.07, 6.45) is -0.713. The van der Waals surface area contributed by atoms with Gasteiger partial charge in [0.1, 0.15) is 5.71 Å². The highest BCUT2D eigenvalue weighted by Gasteiger charge is 2.20. The molecule has 0 unspecified atom stereocenters. The molecule has 0 radical (unpaired) electrons. The summed E-state index contributed by atoms with van der Waals surface area (Å²) >= 11 is 0. The first kappa shape index (κ1) is 17.2. The molecule has 0 aliphatic heterocycles. The maximum Gasteiger partial charge on any atom is 0.427 e. The summed E-state index contributed by atoms with van der Waals surface area (Å²) in [6.45, 7) is 1.78. The number of aromatic amines is 1. The van der Waals surface area contributed by atoms with Gasteiger partial charge < -0.3 is 4.74 Å². The van der Waals surface area contributed by atoms with Crippen LogP contribution in [0.1, 0.15) is 16.8 Å². The smallest absolute Gasteiger partial charge is 0.427 e. The van der Waals surface area contributed by atoms with E-state index in [0.717, 1.165) is 0 Å². The number of hydrazone groups is 1. The van der Waals surface area contributed by atoms with Crippen molar-refractivity contribution in [3.8, 4) is 5.69 Å². The van der Waals surface area contributed by atoms with Gasteiger partial charge in [-0.1, -0.05) is 48.5 Å². The predicted molar refractivity (Wildman–Crippen MR) is 98.7 cm³/mol. The number of nitrogens with one attached hydrogen (secondary N) is 2. The quantitative estimate of drug-likeness (QED) is 0.560. The Hall–Kier alpha value is -3.61. The van der Waals surface area contributed by atoms with Gasteiger partial charge in [0.2, 0.25) is 0 Å². The minimum Gasteiger partial charge on any atom is -0.452 e. The van der Waals surface area contributed by atoms with E-state index in [1.54, 1.807) is 6.92 Å². The van der Waals surface area contributed by atoms with Crippen LogP contribution in [0, 0.1) is 6.92 Å². The molecule has 132 valence electrons. The molecular weight excluding hydrogens is 332 g/mol. The monoisotopic (exact) mass is 350 g/mol. The molecule has 7 heteroatoms. The fourth-order valence-electron chi connectivity index (χ4n) is 2.59. The molecule has 3 aromatic rings. The Labute approximate surface area is 149 Å². The van der Waals surface area contributed by atoms with Crippen LogP contribution in [0.15, 0.2) is 70.6 Å². The van der Waals surface area contributed by atoms with E-state index in [4.69, 9.17) is 0 Å². The number of H-pyrrole nitrogens is 1. The Morgan fingerprint density at radius 2 is 1.69 bits per heavy atom. The Kier molecular flexibility index (Phi) is 4.98. The summed E-state index contributed by atoms with van der Waals surface area (Å²) in [4.78, 5) is 24.5. The van der Waals surface area contributed by atoms with Crippen molar-refractivity contribution in [1.82, 2.24) is 15.2 Å². The second kappa shape index (κ2) is 7.52. The van der Waals surface area contributed by atoms with Crippen LogP contribution < -0.4 is 11.0 Å². The zero-order valence-electron chi connectivity index (χ0n) is 14.4. The van der Waals surface area contributed by atoms with E-state index in [1.807, 2.05) is 60.7 Å². The Bertz CT molecular complexity index is 989. The van der Waals surface area contributed by atoms with E-state index < -0.39 is 6.09 Å². The van der Waals surface area contributed by atoms with Crippen LogP contribution >= 0.6 is 0 Å². The van der Waals surface area contributed by atoms with E-state index in [1.165, 1.54) is 11.8 Å². The molecule has 0 saturated carbocycles. The number of hydrogen-bond acceptors (Lipinski definition) is 4. The number of nitrogens with zero attached hydrogens (tertiary/aromatic N) is 2. The number of ether oxygens (including phenoxy) is 1. The molecule has 1 amide bonds. The van der Waals surface area contributed by atoms with Crippen molar-refractivity contribution >= 4 is 11.8 Å². The molecule has 1 heterocycles. The first-order valence-electron chi connectivity index (χ1n) is 7.96. The highest BCUT2D eigenvalue weighted by molar-refractivity contribution is 6.13. The van der Waals surface area contributed by atoms with Gasteiger partial charge in [-0.05, 0) is 19.1 Å². The third-order valence-electron chi connectivity index (χ3n) is 3.81. The topological polar surface area (TPSA) is 88.5 Å². The van der Waals surface area contributed by atoms with Crippen molar-refractivity contribution in [2.45, 2.75) is 6.92 Å². The zero-order valence-corrected chi connectivity index (χ0v) is 14.4. The van der Waals surface area contributed by atoms with Gasteiger partial charge in [0.05, 0.1) is 18.4 Å². The van der Waals surface area contributed by atoms with Gasteiger partial charge in [-0.2, -0.15) is 5.10 Å². The Balaban J connectivity index is 2.15. The predicted octanol–water partition coefficient (Wildman–Crippen LogP) is 2.58. The number of aryl methyl sites for hydroxylation is 1. The number of aromatic nitrogens is 2. The number of amides is 1. The molecule has 0 spiro atoms. The highest BCUT2D eigenvalue weighted by atomic mass is 16.5. The third kappa shape index (κ3) is 3.41. The largest absolute Gasteiger partial charge is 0.452 e. The van der Waals surface area contributed by atoms with Gasteiger partial charge in [-0.25, -0.2) is 14.9 Å². The van der Waals surface area contributed by atoms with Crippen molar-refractivity contribution in [3.63, 3.8) is 0 Å². The second-order valence-corrected chi connectivity index (χ2v) is 5.52. The molecule has 3 rings (SSSR count). The third-order valence-corrected chi connectivity index (χ3v) is 3.81. The van der Waals surface area contributed by atoms with E-state index in [0.29, 0.717) is 28.2 Å². The molecule has 26 heavy (non-hydrogen) atoms. The summed E-state index contributed by atoms with van der Waals surface area (Å²) in [5, 5.41) is 7.18. The summed E-state index contributed by atoms with van der Waals surface area (Å²) in [6, 6.07) is 18.4. The highest BCUT2D eigenvalue weighted by Crippen LogP contribution is 2.13. The lowest BCUT2D eigenvalue weighted by atomic mass is 10.0. The first-order valence-corrected chi connectivity index (χ1v) is 7.96. The lowest BCUT2D eigenvalue weighted by Crippen LogP contribution is -2.25. The number of hydrogen-bond donors (Lipinski definition) is 2. The lowest BCUT2D eigenvalue weighted by molar-refractivity contribution is 0.171. The molecule has 1 aromatic heterocycles. The number of rotatable bonds is 4. The molecule has 2 aromatic carbocycles. The molecule has 0 atom stereocenters. The van der Waals surface area contributed by atoms with Crippen molar-refractivity contribution in [2.24, 2.45) is 5.10 Å². The standard InChI is InChI=1S/C19H18N4O3/c1-13-16(18(24)23(22-13)15-11-7-4-8-12-15)17(20-21-19(25)26-2)14-9-5-3-6-10-14/h3-12,22H,1-2H3,(H,21,25).